The second kappa shape index (κ2) is 9.16. The Kier molecular flexibility index (Phi) is 5.97. The Labute approximate surface area is 172 Å². The van der Waals surface area contributed by atoms with E-state index in [9.17, 15) is 9.59 Å². The van der Waals surface area contributed by atoms with E-state index >= 15 is 0 Å². The van der Waals surface area contributed by atoms with Gasteiger partial charge >= 0.3 is 17.6 Å². The van der Waals surface area contributed by atoms with Crippen LogP contribution in [0.4, 0.5) is 10.6 Å². The lowest BCUT2D eigenvalue weighted by Gasteiger charge is -2.33. The van der Waals surface area contributed by atoms with E-state index in [-0.39, 0.29) is 24.4 Å². The van der Waals surface area contributed by atoms with Gasteiger partial charge in [-0.3, -0.25) is 9.78 Å². The van der Waals surface area contributed by atoms with Crippen LogP contribution in [0.1, 0.15) is 23.5 Å². The SMILES string of the molecule is O=C(NCCNC(=O)c1ncc2[nH]c[nH+]c2n1)NC1CCN(c2ccccn2)CC1. The van der Waals surface area contributed by atoms with Crippen LogP contribution in [-0.2, 0) is 0 Å². The Bertz CT molecular complexity index is 999. The molecule has 0 atom stereocenters. The average molecular weight is 410 g/mol. The Morgan fingerprint density at radius 1 is 1.17 bits per heavy atom. The molecule has 4 heterocycles. The van der Waals surface area contributed by atoms with E-state index in [1.807, 2.05) is 18.2 Å². The van der Waals surface area contributed by atoms with Crippen LogP contribution in [0.15, 0.2) is 36.9 Å². The van der Waals surface area contributed by atoms with Crippen LogP contribution < -0.4 is 25.8 Å². The highest BCUT2D eigenvalue weighted by molar-refractivity contribution is 5.91. The fourth-order valence-corrected chi connectivity index (χ4v) is 3.35. The third-order valence-corrected chi connectivity index (χ3v) is 4.93. The van der Waals surface area contributed by atoms with E-state index in [0.29, 0.717) is 12.2 Å². The summed E-state index contributed by atoms with van der Waals surface area (Å²) in [5, 5.41) is 8.44. The molecule has 30 heavy (non-hydrogen) atoms. The number of rotatable bonds is 6. The highest BCUT2D eigenvalue weighted by Crippen LogP contribution is 2.17. The molecule has 3 aromatic rings. The molecule has 0 saturated carbocycles. The molecule has 0 radical (unpaired) electrons. The first-order valence-electron chi connectivity index (χ1n) is 9.89. The molecule has 156 valence electrons. The standard InChI is InChI=1S/C19H23N9O2/c29-18(17-23-11-14-16(27-17)25-12-24-14)21-7-8-22-19(30)26-13-4-9-28(10-5-13)15-3-1-2-6-20-15/h1-3,6,11-13H,4-5,7-10H2,(H,21,29)(H2,22,26,30)(H,23,24,25,27)/p+1. The summed E-state index contributed by atoms with van der Waals surface area (Å²) in [5.41, 5.74) is 1.28. The van der Waals surface area contributed by atoms with Crippen LogP contribution in [0.25, 0.3) is 11.2 Å². The van der Waals surface area contributed by atoms with Crippen LogP contribution in [0.5, 0.6) is 0 Å². The number of hydrogen-bond acceptors (Lipinski definition) is 6. The van der Waals surface area contributed by atoms with Gasteiger partial charge in [0.15, 0.2) is 11.8 Å². The molecule has 1 aliphatic rings. The molecule has 3 amide bonds. The van der Waals surface area contributed by atoms with E-state index in [4.69, 9.17) is 0 Å². The monoisotopic (exact) mass is 410 g/mol. The zero-order valence-corrected chi connectivity index (χ0v) is 16.4. The van der Waals surface area contributed by atoms with Crippen molar-refractivity contribution in [3.05, 3.63) is 42.7 Å². The van der Waals surface area contributed by atoms with Gasteiger partial charge in [0.05, 0.1) is 6.20 Å². The van der Waals surface area contributed by atoms with E-state index in [1.54, 1.807) is 18.7 Å². The first-order chi connectivity index (χ1) is 14.7. The van der Waals surface area contributed by atoms with Crippen LogP contribution in [0.3, 0.4) is 0 Å². The quantitative estimate of drug-likeness (QED) is 0.417. The van der Waals surface area contributed by atoms with Crippen molar-refractivity contribution in [1.82, 2.24) is 35.9 Å². The van der Waals surface area contributed by atoms with Gasteiger partial charge in [-0.2, -0.15) is 0 Å². The van der Waals surface area contributed by atoms with Crippen LogP contribution in [0.2, 0.25) is 0 Å². The zero-order valence-electron chi connectivity index (χ0n) is 16.4. The number of urea groups is 1. The number of amides is 3. The lowest BCUT2D eigenvalue weighted by atomic mass is 10.1. The van der Waals surface area contributed by atoms with Gasteiger partial charge in [-0.15, -0.1) is 0 Å². The number of nitrogens with one attached hydrogen (secondary N) is 5. The number of anilines is 1. The number of hydrogen-bond donors (Lipinski definition) is 4. The predicted molar refractivity (Wildman–Crippen MR) is 109 cm³/mol. The van der Waals surface area contributed by atoms with Crippen molar-refractivity contribution in [2.75, 3.05) is 31.1 Å². The Balaban J connectivity index is 1.14. The molecule has 11 nitrogen and oxygen atoms in total. The number of nitrogens with zero attached hydrogens (tertiary/aromatic N) is 4. The zero-order chi connectivity index (χ0) is 20.8. The first-order valence-corrected chi connectivity index (χ1v) is 9.89. The summed E-state index contributed by atoms with van der Waals surface area (Å²) >= 11 is 0. The van der Waals surface area contributed by atoms with E-state index in [2.05, 4.69) is 45.8 Å². The lowest BCUT2D eigenvalue weighted by molar-refractivity contribution is -0.347. The Hall–Kier alpha value is -3.76. The van der Waals surface area contributed by atoms with E-state index < -0.39 is 5.91 Å². The Morgan fingerprint density at radius 3 is 2.80 bits per heavy atom. The van der Waals surface area contributed by atoms with Gasteiger partial charge in [-0.1, -0.05) is 11.1 Å². The molecule has 0 aliphatic carbocycles. The Morgan fingerprint density at radius 2 is 2.00 bits per heavy atom. The van der Waals surface area contributed by atoms with Crippen molar-refractivity contribution in [3.63, 3.8) is 0 Å². The molecule has 11 heteroatoms. The number of fused-ring (bicyclic) bond motifs is 1. The molecule has 0 aromatic carbocycles. The molecule has 0 unspecified atom stereocenters. The van der Waals surface area contributed by atoms with E-state index in [0.717, 1.165) is 37.3 Å². The number of H-pyrrole nitrogens is 2. The van der Waals surface area contributed by atoms with Crippen molar-refractivity contribution in [2.24, 2.45) is 0 Å². The molecular formula is C19H24N9O2+. The molecule has 4 rings (SSSR count). The molecule has 5 N–H and O–H groups in total. The minimum atomic E-state index is -0.393. The molecular weight excluding hydrogens is 386 g/mol. The minimum Gasteiger partial charge on any atom is -0.356 e. The fraction of sp³-hybridized carbons (Fsp3) is 0.368. The number of piperidine rings is 1. The van der Waals surface area contributed by atoms with Crippen molar-refractivity contribution in [1.29, 1.82) is 0 Å². The minimum absolute atomic E-state index is 0.0717. The van der Waals surface area contributed by atoms with Crippen molar-refractivity contribution in [3.8, 4) is 0 Å². The number of aromatic amines is 2. The maximum Gasteiger partial charge on any atom is 0.315 e. The molecule has 1 saturated heterocycles. The maximum atomic E-state index is 12.1. The first kappa shape index (κ1) is 19.6. The average Bonchev–Trinajstić information content (AvgIpc) is 3.26. The largest absolute Gasteiger partial charge is 0.356 e. The fourth-order valence-electron chi connectivity index (χ4n) is 3.35. The van der Waals surface area contributed by atoms with Crippen molar-refractivity contribution in [2.45, 2.75) is 18.9 Å². The topological polar surface area (TPSA) is 142 Å². The second-order valence-electron chi connectivity index (χ2n) is 6.99. The molecule has 0 spiro atoms. The van der Waals surface area contributed by atoms with Crippen molar-refractivity contribution < 1.29 is 14.6 Å². The van der Waals surface area contributed by atoms with Gasteiger partial charge < -0.3 is 20.9 Å². The van der Waals surface area contributed by atoms with Crippen LogP contribution in [0, 0.1) is 0 Å². The number of aromatic nitrogens is 5. The lowest BCUT2D eigenvalue weighted by Crippen LogP contribution is -2.49. The number of imidazole rings is 1. The summed E-state index contributed by atoms with van der Waals surface area (Å²) < 4.78 is 0. The maximum absolute atomic E-state index is 12.1. The van der Waals surface area contributed by atoms with Gasteiger partial charge in [-0.25, -0.2) is 19.7 Å². The summed E-state index contributed by atoms with van der Waals surface area (Å²) in [6.07, 6.45) is 6.66. The molecule has 1 aliphatic heterocycles. The third-order valence-electron chi connectivity index (χ3n) is 4.93. The van der Waals surface area contributed by atoms with Crippen LogP contribution in [-0.4, -0.2) is 64.1 Å². The van der Waals surface area contributed by atoms with Gasteiger partial charge in [-0.05, 0) is 25.0 Å². The van der Waals surface area contributed by atoms with Crippen LogP contribution >= 0.6 is 0 Å². The predicted octanol–water partition coefficient (Wildman–Crippen LogP) is -0.135. The molecule has 3 aromatic heterocycles. The van der Waals surface area contributed by atoms with E-state index in [1.165, 1.54) is 0 Å². The normalized spacial score (nSPS) is 14.5. The van der Waals surface area contributed by atoms with Crippen molar-refractivity contribution >= 4 is 28.9 Å². The molecule has 1 fully saturated rings. The highest BCUT2D eigenvalue weighted by atomic mass is 16.2. The highest BCUT2D eigenvalue weighted by Gasteiger charge is 2.21. The third kappa shape index (κ3) is 4.80. The number of pyridine rings is 1. The smallest absolute Gasteiger partial charge is 0.315 e. The summed E-state index contributed by atoms with van der Waals surface area (Å²) in [7, 11) is 0. The second-order valence-corrected chi connectivity index (χ2v) is 6.99. The number of carbonyl (C=O) groups excluding carboxylic acids is 2. The summed E-state index contributed by atoms with van der Waals surface area (Å²) in [5.74, 6) is 0.645. The van der Waals surface area contributed by atoms with Gasteiger partial charge in [0, 0.05) is 38.4 Å². The summed E-state index contributed by atoms with van der Waals surface area (Å²) in [4.78, 5) is 44.8. The molecule has 0 bridgehead atoms. The van der Waals surface area contributed by atoms with Gasteiger partial charge in [0.1, 0.15) is 5.82 Å². The summed E-state index contributed by atoms with van der Waals surface area (Å²) in [6.45, 7) is 2.29. The number of carbonyl (C=O) groups is 2. The van der Waals surface area contributed by atoms with Gasteiger partial charge in [0.25, 0.3) is 5.82 Å². The van der Waals surface area contributed by atoms with Gasteiger partial charge in [0.2, 0.25) is 0 Å². The summed E-state index contributed by atoms with van der Waals surface area (Å²) in [6, 6.07) is 5.75.